The van der Waals surface area contributed by atoms with E-state index in [0.29, 0.717) is 6.42 Å². The van der Waals surface area contributed by atoms with Gasteiger partial charge in [0.05, 0.1) is 0 Å². The highest BCUT2D eigenvalue weighted by atomic mass is 32.2. The van der Waals surface area contributed by atoms with E-state index in [0.717, 1.165) is 51.4 Å². The second-order valence-corrected chi connectivity index (χ2v) is 8.24. The molecule has 0 spiro atoms. The Morgan fingerprint density at radius 1 is 1.05 bits per heavy atom. The molecule has 3 unspecified atom stereocenters. The van der Waals surface area contributed by atoms with Gasteiger partial charge in [-0.2, -0.15) is 17.4 Å². The van der Waals surface area contributed by atoms with Gasteiger partial charge >= 0.3 is 5.97 Å². The van der Waals surface area contributed by atoms with Crippen molar-refractivity contribution in [3.8, 4) is 0 Å². The third kappa shape index (κ3) is 2.96. The van der Waals surface area contributed by atoms with Gasteiger partial charge in [0.15, 0.2) is 0 Å². The van der Waals surface area contributed by atoms with Gasteiger partial charge in [0.2, 0.25) is 0 Å². The summed E-state index contributed by atoms with van der Waals surface area (Å²) in [7, 11) is -3.71. The minimum atomic E-state index is -3.71. The average Bonchev–Trinajstić information content (AvgIpc) is 3.04. The van der Waals surface area contributed by atoms with Crippen LogP contribution in [-0.4, -0.2) is 41.9 Å². The molecule has 0 aromatic carbocycles. The maximum Gasteiger partial charge on any atom is 0.322 e. The topological polar surface area (TPSA) is 86.7 Å². The van der Waals surface area contributed by atoms with Gasteiger partial charge in [-0.15, -0.1) is 0 Å². The summed E-state index contributed by atoms with van der Waals surface area (Å²) >= 11 is 0. The van der Waals surface area contributed by atoms with Crippen molar-refractivity contribution in [3.05, 3.63) is 0 Å². The number of nitrogens with one attached hydrogen (secondary N) is 1. The molecule has 0 aromatic rings. The molecule has 0 amide bonds. The predicted octanol–water partition coefficient (Wildman–Crippen LogP) is 1.48. The van der Waals surface area contributed by atoms with Gasteiger partial charge in [0, 0.05) is 12.1 Å². The molecule has 1 heterocycles. The van der Waals surface area contributed by atoms with Crippen LogP contribution in [0.4, 0.5) is 0 Å². The summed E-state index contributed by atoms with van der Waals surface area (Å²) in [5, 5.41) is 9.42. The van der Waals surface area contributed by atoms with Gasteiger partial charge < -0.3 is 5.11 Å². The number of hydrogen-bond acceptors (Lipinski definition) is 3. The number of carboxylic acids is 1. The lowest BCUT2D eigenvalue weighted by atomic mass is 9.85. The molecule has 21 heavy (non-hydrogen) atoms. The van der Waals surface area contributed by atoms with Gasteiger partial charge in [-0.05, 0) is 38.0 Å². The summed E-state index contributed by atoms with van der Waals surface area (Å²) in [5.74, 6) is -0.804. The van der Waals surface area contributed by atoms with E-state index in [2.05, 4.69) is 4.72 Å². The SMILES string of the molecule is O=C(O)C1CC2CCCCC2N1S(=O)(=O)NC1CCCC1. The molecule has 0 bridgehead atoms. The van der Waals surface area contributed by atoms with Crippen molar-refractivity contribution >= 4 is 16.2 Å². The normalized spacial score (nSPS) is 35.0. The maximum atomic E-state index is 12.7. The second kappa shape index (κ2) is 5.85. The van der Waals surface area contributed by atoms with Crippen LogP contribution in [0, 0.1) is 5.92 Å². The molecule has 6 nitrogen and oxygen atoms in total. The Hall–Kier alpha value is -0.660. The lowest BCUT2D eigenvalue weighted by Gasteiger charge is -2.32. The lowest BCUT2D eigenvalue weighted by molar-refractivity contribution is -0.141. The van der Waals surface area contributed by atoms with Crippen LogP contribution in [0.2, 0.25) is 0 Å². The molecule has 0 radical (unpaired) electrons. The van der Waals surface area contributed by atoms with E-state index in [-0.39, 0.29) is 18.0 Å². The van der Waals surface area contributed by atoms with Crippen molar-refractivity contribution < 1.29 is 18.3 Å². The number of hydrogen-bond donors (Lipinski definition) is 2. The zero-order chi connectivity index (χ0) is 15.0. The highest BCUT2D eigenvalue weighted by Gasteiger charge is 2.51. The molecular weight excluding hydrogens is 292 g/mol. The Balaban J connectivity index is 1.83. The van der Waals surface area contributed by atoms with Gasteiger partial charge in [-0.3, -0.25) is 4.79 Å². The average molecular weight is 316 g/mol. The fourth-order valence-corrected chi connectivity index (χ4v) is 6.21. The molecule has 3 rings (SSSR count). The van der Waals surface area contributed by atoms with E-state index in [1.807, 2.05) is 0 Å². The third-order valence-electron chi connectivity index (χ3n) is 5.26. The monoisotopic (exact) mass is 316 g/mol. The summed E-state index contributed by atoms with van der Waals surface area (Å²) in [6.07, 6.45) is 8.08. The maximum absolute atomic E-state index is 12.7. The third-order valence-corrected chi connectivity index (χ3v) is 6.97. The van der Waals surface area contributed by atoms with E-state index in [4.69, 9.17) is 0 Å². The Bertz CT molecular complexity index is 501. The first-order chi connectivity index (χ1) is 9.99. The van der Waals surface area contributed by atoms with Crippen LogP contribution >= 0.6 is 0 Å². The van der Waals surface area contributed by atoms with Gasteiger partial charge in [-0.25, -0.2) is 0 Å². The number of carbonyl (C=O) groups is 1. The summed E-state index contributed by atoms with van der Waals surface area (Å²) in [5.41, 5.74) is 0. The summed E-state index contributed by atoms with van der Waals surface area (Å²) in [4.78, 5) is 11.5. The lowest BCUT2D eigenvalue weighted by Crippen LogP contribution is -2.52. The Labute approximate surface area is 126 Å². The molecule has 2 aliphatic carbocycles. The summed E-state index contributed by atoms with van der Waals surface area (Å²) in [6, 6.07) is -1.04. The van der Waals surface area contributed by atoms with Crippen molar-refractivity contribution in [3.63, 3.8) is 0 Å². The molecule has 0 aromatic heterocycles. The van der Waals surface area contributed by atoms with E-state index < -0.39 is 22.2 Å². The van der Waals surface area contributed by atoms with Crippen molar-refractivity contribution in [2.24, 2.45) is 5.92 Å². The molecule has 7 heteroatoms. The van der Waals surface area contributed by atoms with E-state index in [1.54, 1.807) is 0 Å². The van der Waals surface area contributed by atoms with Crippen molar-refractivity contribution in [1.29, 1.82) is 0 Å². The number of carboxylic acid groups (broad SMARTS) is 1. The Morgan fingerprint density at radius 3 is 2.33 bits per heavy atom. The largest absolute Gasteiger partial charge is 0.480 e. The van der Waals surface area contributed by atoms with Crippen molar-refractivity contribution in [1.82, 2.24) is 9.03 Å². The highest BCUT2D eigenvalue weighted by Crippen LogP contribution is 2.41. The number of fused-ring (bicyclic) bond motifs is 1. The fraction of sp³-hybridized carbons (Fsp3) is 0.929. The van der Waals surface area contributed by atoms with E-state index >= 15 is 0 Å². The molecule has 2 N–H and O–H groups in total. The van der Waals surface area contributed by atoms with Gasteiger partial charge in [0.25, 0.3) is 10.2 Å². The molecule has 1 saturated heterocycles. The number of rotatable bonds is 4. The molecule has 120 valence electrons. The van der Waals surface area contributed by atoms with Gasteiger partial charge in [0.1, 0.15) is 6.04 Å². The highest BCUT2D eigenvalue weighted by molar-refractivity contribution is 7.87. The van der Waals surface area contributed by atoms with Crippen LogP contribution in [0.5, 0.6) is 0 Å². The molecule has 3 fully saturated rings. The smallest absolute Gasteiger partial charge is 0.322 e. The number of aliphatic carboxylic acids is 1. The minimum Gasteiger partial charge on any atom is -0.480 e. The second-order valence-electron chi connectivity index (χ2n) is 6.64. The molecule has 2 saturated carbocycles. The number of nitrogens with zero attached hydrogens (tertiary/aromatic N) is 1. The molecule has 3 atom stereocenters. The Morgan fingerprint density at radius 2 is 1.67 bits per heavy atom. The quantitative estimate of drug-likeness (QED) is 0.822. The van der Waals surface area contributed by atoms with Crippen LogP contribution < -0.4 is 4.72 Å². The molecular formula is C14H24N2O4S. The van der Waals surface area contributed by atoms with Crippen LogP contribution in [0.3, 0.4) is 0 Å². The van der Waals surface area contributed by atoms with Crippen LogP contribution in [0.25, 0.3) is 0 Å². The van der Waals surface area contributed by atoms with Crippen LogP contribution in [0.1, 0.15) is 57.8 Å². The van der Waals surface area contributed by atoms with Crippen molar-refractivity contribution in [2.75, 3.05) is 0 Å². The van der Waals surface area contributed by atoms with Crippen LogP contribution in [0.15, 0.2) is 0 Å². The zero-order valence-corrected chi connectivity index (χ0v) is 13.0. The van der Waals surface area contributed by atoms with E-state index in [9.17, 15) is 18.3 Å². The fourth-order valence-electron chi connectivity index (χ4n) is 4.29. The standard InChI is InChI=1S/C14H24N2O4S/c17-14(18)13-9-10-5-1-4-8-12(10)16(13)21(19,20)15-11-6-2-3-7-11/h10-13,15H,1-9H2,(H,17,18). The summed E-state index contributed by atoms with van der Waals surface area (Å²) in [6.45, 7) is 0. The Kier molecular flexibility index (Phi) is 4.25. The zero-order valence-electron chi connectivity index (χ0n) is 12.2. The van der Waals surface area contributed by atoms with Gasteiger partial charge in [-0.1, -0.05) is 25.7 Å². The first kappa shape index (κ1) is 15.2. The van der Waals surface area contributed by atoms with E-state index in [1.165, 1.54) is 4.31 Å². The minimum absolute atomic E-state index is 0.0212. The molecule has 3 aliphatic rings. The van der Waals surface area contributed by atoms with Crippen molar-refractivity contribution in [2.45, 2.75) is 75.9 Å². The predicted molar refractivity (Wildman–Crippen MR) is 77.9 cm³/mol. The first-order valence-corrected chi connectivity index (χ1v) is 9.46. The summed E-state index contributed by atoms with van der Waals surface area (Å²) < 4.78 is 29.5. The molecule has 1 aliphatic heterocycles. The van der Waals surface area contributed by atoms with Crippen LogP contribution in [-0.2, 0) is 15.0 Å². The first-order valence-electron chi connectivity index (χ1n) is 8.02.